The van der Waals surface area contributed by atoms with E-state index in [2.05, 4.69) is 4.99 Å². The maximum absolute atomic E-state index is 12.3. The van der Waals surface area contributed by atoms with Gasteiger partial charge in [-0.15, -0.1) is 11.6 Å². The number of halogens is 4. The van der Waals surface area contributed by atoms with Crippen LogP contribution in [0, 0.1) is 0 Å². The summed E-state index contributed by atoms with van der Waals surface area (Å²) in [6.45, 7) is 0.194. The molecule has 0 amide bonds. The first kappa shape index (κ1) is 14.5. The molecule has 0 saturated heterocycles. The number of nitrogens with two attached hydrogens (primary N) is 1. The molecule has 0 spiro atoms. The van der Waals surface area contributed by atoms with Gasteiger partial charge in [-0.05, 0) is 12.8 Å². The summed E-state index contributed by atoms with van der Waals surface area (Å²) >= 11 is 5.22. The lowest BCUT2D eigenvalue weighted by Gasteiger charge is -2.08. The fourth-order valence-corrected chi connectivity index (χ4v) is 1.23. The van der Waals surface area contributed by atoms with Gasteiger partial charge in [0.05, 0.1) is 12.2 Å². The van der Waals surface area contributed by atoms with Gasteiger partial charge < -0.3 is 10.5 Å². The minimum atomic E-state index is -4.44. The second-order valence-corrected chi connectivity index (χ2v) is 4.27. The van der Waals surface area contributed by atoms with E-state index in [1.807, 2.05) is 0 Å². The number of hydrogen-bond acceptors (Lipinski definition) is 3. The molecule has 1 aliphatic carbocycles. The van der Waals surface area contributed by atoms with Crippen molar-refractivity contribution in [3.8, 4) is 0 Å². The number of rotatable bonds is 6. The van der Waals surface area contributed by atoms with Gasteiger partial charge in [0.15, 0.2) is 0 Å². The summed E-state index contributed by atoms with van der Waals surface area (Å²) in [5.74, 6) is -0.215. The van der Waals surface area contributed by atoms with E-state index in [0.717, 1.165) is 25.1 Å². The maximum Gasteiger partial charge on any atom is 0.417 e. The Hall–Kier alpha value is -0.590. The average Bonchev–Trinajstić information content (AvgIpc) is 2.93. The van der Waals surface area contributed by atoms with E-state index in [-0.39, 0.29) is 18.1 Å². The summed E-state index contributed by atoms with van der Waals surface area (Å²) < 4.78 is 42.1. The number of aliphatic imine (C=N–C) groups is 1. The van der Waals surface area contributed by atoms with Crippen molar-refractivity contribution >= 4 is 17.8 Å². The largest absolute Gasteiger partial charge is 0.417 e. The van der Waals surface area contributed by atoms with Crippen LogP contribution in [0.25, 0.3) is 0 Å². The van der Waals surface area contributed by atoms with E-state index in [0.29, 0.717) is 6.61 Å². The fraction of sp³-hybridized carbons (Fsp3) is 0.700. The predicted octanol–water partition coefficient (Wildman–Crippen LogP) is 2.25. The first-order valence-electron chi connectivity index (χ1n) is 5.07. The van der Waals surface area contributed by atoms with Crippen molar-refractivity contribution in [1.29, 1.82) is 0 Å². The summed E-state index contributed by atoms with van der Waals surface area (Å²) in [7, 11) is 0. The van der Waals surface area contributed by atoms with Crippen LogP contribution in [0.1, 0.15) is 12.8 Å². The average molecular weight is 271 g/mol. The normalized spacial score (nSPS) is 19.9. The van der Waals surface area contributed by atoms with Crippen LogP contribution in [0.3, 0.4) is 0 Å². The standard InChI is InChI=1S/C10H14ClF3N2O/c11-4-1-8(10(12,13)14)5-16-7-17-6-9(15)2-3-9/h1,5H,2-4,6-7,15H2/b8-1+,16-5-. The lowest BCUT2D eigenvalue weighted by Crippen LogP contribution is -2.28. The Morgan fingerprint density at radius 1 is 1.47 bits per heavy atom. The van der Waals surface area contributed by atoms with Crippen LogP contribution in [-0.2, 0) is 4.74 Å². The highest BCUT2D eigenvalue weighted by atomic mass is 35.5. The van der Waals surface area contributed by atoms with E-state index >= 15 is 0 Å². The molecule has 1 aliphatic rings. The molecular weight excluding hydrogens is 257 g/mol. The first-order valence-corrected chi connectivity index (χ1v) is 5.61. The van der Waals surface area contributed by atoms with Gasteiger partial charge in [0.2, 0.25) is 0 Å². The lowest BCUT2D eigenvalue weighted by molar-refractivity contribution is -0.0857. The van der Waals surface area contributed by atoms with Crippen molar-refractivity contribution in [3.05, 3.63) is 11.6 Å². The molecule has 1 rings (SSSR count). The molecule has 98 valence electrons. The zero-order valence-corrected chi connectivity index (χ0v) is 9.89. The summed E-state index contributed by atoms with van der Waals surface area (Å²) in [6.07, 6.45) is -1.09. The Kier molecular flexibility index (Phi) is 4.97. The quantitative estimate of drug-likeness (QED) is 0.457. The van der Waals surface area contributed by atoms with E-state index in [4.69, 9.17) is 22.1 Å². The van der Waals surface area contributed by atoms with Crippen LogP contribution < -0.4 is 5.73 Å². The molecule has 0 atom stereocenters. The van der Waals surface area contributed by atoms with Crippen LogP contribution in [0.5, 0.6) is 0 Å². The summed E-state index contributed by atoms with van der Waals surface area (Å²) in [5, 5.41) is 0. The van der Waals surface area contributed by atoms with Crippen molar-refractivity contribution in [1.82, 2.24) is 0 Å². The minimum Gasteiger partial charge on any atom is -0.357 e. The van der Waals surface area contributed by atoms with Crippen LogP contribution in [0.2, 0.25) is 0 Å². The molecule has 0 bridgehead atoms. The van der Waals surface area contributed by atoms with Crippen molar-refractivity contribution < 1.29 is 17.9 Å². The van der Waals surface area contributed by atoms with E-state index < -0.39 is 11.7 Å². The SMILES string of the molecule is NC1(COC/N=C\C(=C/CCl)C(F)(F)F)CC1. The van der Waals surface area contributed by atoms with Crippen LogP contribution in [0.15, 0.2) is 16.6 Å². The van der Waals surface area contributed by atoms with Crippen molar-refractivity contribution in [2.75, 3.05) is 19.2 Å². The number of ether oxygens (including phenoxy) is 1. The zero-order valence-electron chi connectivity index (χ0n) is 9.13. The molecule has 2 N–H and O–H groups in total. The van der Waals surface area contributed by atoms with Gasteiger partial charge >= 0.3 is 6.18 Å². The minimum absolute atomic E-state index is 0.130. The van der Waals surface area contributed by atoms with Gasteiger partial charge in [0.1, 0.15) is 6.73 Å². The lowest BCUT2D eigenvalue weighted by atomic mass is 10.3. The summed E-state index contributed by atoms with van der Waals surface area (Å²) in [6, 6.07) is 0. The highest BCUT2D eigenvalue weighted by Crippen LogP contribution is 2.32. The van der Waals surface area contributed by atoms with Gasteiger partial charge in [-0.25, -0.2) is 0 Å². The molecule has 17 heavy (non-hydrogen) atoms. The number of nitrogens with zero attached hydrogens (tertiary/aromatic N) is 1. The molecule has 0 heterocycles. The molecule has 3 nitrogen and oxygen atoms in total. The molecule has 7 heteroatoms. The third kappa shape index (κ3) is 5.52. The fourth-order valence-electron chi connectivity index (χ4n) is 1.07. The second kappa shape index (κ2) is 5.84. The van der Waals surface area contributed by atoms with Gasteiger partial charge in [0, 0.05) is 17.6 Å². The van der Waals surface area contributed by atoms with Crippen molar-refractivity contribution in [2.45, 2.75) is 24.6 Å². The number of alkyl halides is 4. The Bertz CT molecular complexity index is 311. The monoisotopic (exact) mass is 270 g/mol. The van der Waals surface area contributed by atoms with Crippen molar-refractivity contribution in [2.24, 2.45) is 10.7 Å². The highest BCUT2D eigenvalue weighted by Gasteiger charge is 2.38. The Labute approximate surface area is 102 Å². The third-order valence-corrected chi connectivity index (χ3v) is 2.46. The Morgan fingerprint density at radius 3 is 2.59 bits per heavy atom. The number of allylic oxidation sites excluding steroid dienone is 2. The summed E-state index contributed by atoms with van der Waals surface area (Å²) in [4.78, 5) is 3.54. The van der Waals surface area contributed by atoms with Crippen LogP contribution in [-0.4, -0.2) is 37.1 Å². The van der Waals surface area contributed by atoms with Gasteiger partial charge in [-0.1, -0.05) is 6.08 Å². The molecule has 0 unspecified atom stereocenters. The predicted molar refractivity (Wildman–Crippen MR) is 60.3 cm³/mol. The Morgan fingerprint density at radius 2 is 2.12 bits per heavy atom. The van der Waals surface area contributed by atoms with Gasteiger partial charge in [0.25, 0.3) is 0 Å². The van der Waals surface area contributed by atoms with Crippen molar-refractivity contribution in [3.63, 3.8) is 0 Å². The molecule has 1 fully saturated rings. The number of hydrogen-bond donors (Lipinski definition) is 1. The molecule has 0 radical (unpaired) electrons. The van der Waals surface area contributed by atoms with Crippen LogP contribution >= 0.6 is 11.6 Å². The first-order chi connectivity index (χ1) is 7.87. The van der Waals surface area contributed by atoms with E-state index in [9.17, 15) is 13.2 Å². The maximum atomic E-state index is 12.3. The molecular formula is C10H14ClF3N2O. The highest BCUT2D eigenvalue weighted by molar-refractivity contribution is 6.19. The van der Waals surface area contributed by atoms with Gasteiger partial charge in [-0.2, -0.15) is 13.2 Å². The second-order valence-electron chi connectivity index (χ2n) is 3.96. The topological polar surface area (TPSA) is 47.6 Å². The summed E-state index contributed by atoms with van der Waals surface area (Å²) in [5.41, 5.74) is 4.57. The van der Waals surface area contributed by atoms with Crippen LogP contribution in [0.4, 0.5) is 13.2 Å². The Balaban J connectivity index is 2.32. The molecule has 0 aromatic carbocycles. The van der Waals surface area contributed by atoms with E-state index in [1.165, 1.54) is 0 Å². The van der Waals surface area contributed by atoms with E-state index in [1.54, 1.807) is 0 Å². The zero-order chi connectivity index (χ0) is 12.9. The molecule has 0 aromatic heterocycles. The molecule has 1 saturated carbocycles. The third-order valence-electron chi connectivity index (χ3n) is 2.30. The molecule has 0 aliphatic heterocycles. The van der Waals surface area contributed by atoms with Gasteiger partial charge in [-0.3, -0.25) is 4.99 Å². The smallest absolute Gasteiger partial charge is 0.357 e. The molecule has 0 aromatic rings.